The van der Waals surface area contributed by atoms with E-state index in [0.29, 0.717) is 13.1 Å². The Kier molecular flexibility index (Phi) is 5.43. The van der Waals surface area contributed by atoms with E-state index in [4.69, 9.17) is 0 Å². The van der Waals surface area contributed by atoms with Crippen molar-refractivity contribution in [1.82, 2.24) is 9.88 Å². The molecule has 0 saturated carbocycles. The molecule has 1 aromatic carbocycles. The van der Waals surface area contributed by atoms with E-state index in [0.717, 1.165) is 25.3 Å². The van der Waals surface area contributed by atoms with Crippen LogP contribution in [0.4, 0.5) is 18.9 Å². The molecule has 1 fully saturated rings. The van der Waals surface area contributed by atoms with Crippen molar-refractivity contribution in [2.24, 2.45) is 0 Å². The number of piperidine rings is 1. The number of likely N-dealkylation sites (tertiary alicyclic amines) is 1. The molecule has 0 bridgehead atoms. The highest BCUT2D eigenvalue weighted by atomic mass is 19.4. The zero-order valence-electron chi connectivity index (χ0n) is 14.4. The van der Waals surface area contributed by atoms with Crippen molar-refractivity contribution in [3.05, 3.63) is 59.4 Å². The van der Waals surface area contributed by atoms with Crippen LogP contribution in [0.5, 0.6) is 0 Å². The summed E-state index contributed by atoms with van der Waals surface area (Å²) in [6, 6.07) is 6.08. The monoisotopic (exact) mass is 377 g/mol. The number of anilines is 1. The van der Waals surface area contributed by atoms with Gasteiger partial charge in [-0.15, -0.1) is 0 Å². The van der Waals surface area contributed by atoms with Crippen LogP contribution in [0.25, 0.3) is 0 Å². The first-order valence-corrected chi connectivity index (χ1v) is 8.58. The maximum atomic E-state index is 13.1. The van der Waals surface area contributed by atoms with Crippen molar-refractivity contribution < 1.29 is 22.8 Å². The van der Waals surface area contributed by atoms with Crippen LogP contribution in [-0.4, -0.2) is 34.8 Å². The number of hydrogen-bond acceptors (Lipinski definition) is 3. The highest BCUT2D eigenvalue weighted by molar-refractivity contribution is 6.06. The molecule has 1 N–H and O–H groups in total. The van der Waals surface area contributed by atoms with E-state index in [9.17, 15) is 22.8 Å². The number of rotatable bonds is 3. The molecule has 0 radical (unpaired) electrons. The number of carbonyl (C=O) groups excluding carboxylic acids is 2. The average molecular weight is 377 g/mol. The molecule has 142 valence electrons. The standard InChI is InChI=1S/C19H18F3N3O2/c20-19(21,22)15-6-2-3-7-16(15)24-17(26)13-10-14(12-23-11-13)18(27)25-8-4-1-5-9-25/h2-3,6-7,10-12H,1,4-5,8-9H2,(H,24,26). The molecule has 1 saturated heterocycles. The zero-order chi connectivity index (χ0) is 19.4. The van der Waals surface area contributed by atoms with E-state index < -0.39 is 17.6 Å². The Morgan fingerprint density at radius 1 is 1.00 bits per heavy atom. The first-order valence-electron chi connectivity index (χ1n) is 8.58. The van der Waals surface area contributed by atoms with Crippen molar-refractivity contribution in [1.29, 1.82) is 0 Å². The van der Waals surface area contributed by atoms with Gasteiger partial charge in [-0.05, 0) is 37.5 Å². The third-order valence-electron chi connectivity index (χ3n) is 4.37. The van der Waals surface area contributed by atoms with E-state index in [1.54, 1.807) is 4.90 Å². The topological polar surface area (TPSA) is 62.3 Å². The van der Waals surface area contributed by atoms with Crippen molar-refractivity contribution in [2.75, 3.05) is 18.4 Å². The Labute approximate surface area is 154 Å². The first kappa shape index (κ1) is 18.9. The van der Waals surface area contributed by atoms with Gasteiger partial charge >= 0.3 is 6.18 Å². The molecular formula is C19H18F3N3O2. The van der Waals surface area contributed by atoms with E-state index in [-0.39, 0.29) is 22.7 Å². The van der Waals surface area contributed by atoms with Crippen molar-refractivity contribution in [2.45, 2.75) is 25.4 Å². The average Bonchev–Trinajstić information content (AvgIpc) is 2.68. The summed E-state index contributed by atoms with van der Waals surface area (Å²) in [5.41, 5.74) is -1.02. The summed E-state index contributed by atoms with van der Waals surface area (Å²) in [5.74, 6) is -0.986. The Morgan fingerprint density at radius 2 is 1.67 bits per heavy atom. The number of pyridine rings is 1. The van der Waals surface area contributed by atoms with Crippen molar-refractivity contribution in [3.8, 4) is 0 Å². The summed E-state index contributed by atoms with van der Waals surface area (Å²) in [6.07, 6.45) is 0.911. The third-order valence-corrected chi connectivity index (χ3v) is 4.37. The Morgan fingerprint density at radius 3 is 2.37 bits per heavy atom. The molecule has 2 aromatic rings. The minimum Gasteiger partial charge on any atom is -0.339 e. The number of hydrogen-bond donors (Lipinski definition) is 1. The van der Waals surface area contributed by atoms with Gasteiger partial charge < -0.3 is 10.2 Å². The maximum Gasteiger partial charge on any atom is 0.418 e. The molecular weight excluding hydrogens is 359 g/mol. The summed E-state index contributed by atoms with van der Waals surface area (Å²) in [4.78, 5) is 30.5. The van der Waals surface area contributed by atoms with Crippen molar-refractivity contribution in [3.63, 3.8) is 0 Å². The Hall–Kier alpha value is -2.90. The van der Waals surface area contributed by atoms with Gasteiger partial charge in [-0.1, -0.05) is 12.1 Å². The molecule has 0 atom stereocenters. The number of nitrogens with zero attached hydrogens (tertiary/aromatic N) is 2. The smallest absolute Gasteiger partial charge is 0.339 e. The van der Waals surface area contributed by atoms with Crippen LogP contribution in [-0.2, 0) is 6.18 Å². The summed E-state index contributed by atoms with van der Waals surface area (Å²) in [5, 5.41) is 2.26. The van der Waals surface area contributed by atoms with Gasteiger partial charge in [0, 0.05) is 25.5 Å². The van der Waals surface area contributed by atoms with Crippen LogP contribution in [0.2, 0.25) is 0 Å². The lowest BCUT2D eigenvalue weighted by atomic mass is 10.1. The molecule has 27 heavy (non-hydrogen) atoms. The van der Waals surface area contributed by atoms with Gasteiger partial charge in [0.15, 0.2) is 0 Å². The molecule has 1 aromatic heterocycles. The molecule has 0 aliphatic carbocycles. The summed E-state index contributed by atoms with van der Waals surface area (Å²) in [6.45, 7) is 1.29. The largest absolute Gasteiger partial charge is 0.418 e. The second-order valence-electron chi connectivity index (χ2n) is 6.31. The first-order chi connectivity index (χ1) is 12.9. The van der Waals surface area contributed by atoms with E-state index in [2.05, 4.69) is 10.3 Å². The lowest BCUT2D eigenvalue weighted by Crippen LogP contribution is -2.35. The second-order valence-corrected chi connectivity index (χ2v) is 6.31. The van der Waals surface area contributed by atoms with Gasteiger partial charge in [0.1, 0.15) is 0 Å². The fourth-order valence-electron chi connectivity index (χ4n) is 2.99. The molecule has 1 aliphatic rings. The predicted molar refractivity (Wildman–Crippen MR) is 93.4 cm³/mol. The van der Waals surface area contributed by atoms with Gasteiger partial charge in [0.25, 0.3) is 11.8 Å². The lowest BCUT2D eigenvalue weighted by molar-refractivity contribution is -0.136. The molecule has 1 aliphatic heterocycles. The normalized spacial score (nSPS) is 14.7. The minimum absolute atomic E-state index is 0.0230. The lowest BCUT2D eigenvalue weighted by Gasteiger charge is -2.26. The number of halogens is 3. The molecule has 8 heteroatoms. The van der Waals surface area contributed by atoms with Crippen LogP contribution in [0.3, 0.4) is 0 Å². The molecule has 2 heterocycles. The number of aromatic nitrogens is 1. The van der Waals surface area contributed by atoms with Crippen LogP contribution < -0.4 is 5.32 Å². The number of nitrogens with one attached hydrogen (secondary N) is 1. The second kappa shape index (κ2) is 7.77. The molecule has 0 unspecified atom stereocenters. The number of alkyl halides is 3. The fourth-order valence-corrected chi connectivity index (χ4v) is 2.99. The SMILES string of the molecule is O=C(Nc1ccccc1C(F)(F)F)c1cncc(C(=O)N2CCCCC2)c1. The minimum atomic E-state index is -4.59. The van der Waals surface area contributed by atoms with Crippen LogP contribution >= 0.6 is 0 Å². The highest BCUT2D eigenvalue weighted by Crippen LogP contribution is 2.34. The Balaban J connectivity index is 1.79. The van der Waals surface area contributed by atoms with Crippen LogP contribution in [0, 0.1) is 0 Å². The number of para-hydroxylation sites is 1. The van der Waals surface area contributed by atoms with Gasteiger partial charge in [0.05, 0.1) is 22.4 Å². The zero-order valence-corrected chi connectivity index (χ0v) is 14.4. The molecule has 5 nitrogen and oxygen atoms in total. The summed E-state index contributed by atoms with van der Waals surface area (Å²) < 4.78 is 39.2. The maximum absolute atomic E-state index is 13.1. The van der Waals surface area contributed by atoms with E-state index in [1.807, 2.05) is 0 Å². The summed E-state index contributed by atoms with van der Waals surface area (Å²) in [7, 11) is 0. The highest BCUT2D eigenvalue weighted by Gasteiger charge is 2.33. The Bertz CT molecular complexity index is 846. The third kappa shape index (κ3) is 4.45. The van der Waals surface area contributed by atoms with E-state index >= 15 is 0 Å². The number of benzene rings is 1. The fraction of sp³-hybridized carbons (Fsp3) is 0.316. The van der Waals surface area contributed by atoms with Gasteiger partial charge in [-0.25, -0.2) is 0 Å². The van der Waals surface area contributed by atoms with Gasteiger partial charge in [0.2, 0.25) is 0 Å². The van der Waals surface area contributed by atoms with Gasteiger partial charge in [-0.3, -0.25) is 14.6 Å². The molecule has 3 rings (SSSR count). The molecule has 2 amide bonds. The van der Waals surface area contributed by atoms with Gasteiger partial charge in [-0.2, -0.15) is 13.2 Å². The van der Waals surface area contributed by atoms with Crippen molar-refractivity contribution >= 4 is 17.5 Å². The van der Waals surface area contributed by atoms with E-state index in [1.165, 1.54) is 36.7 Å². The quantitative estimate of drug-likeness (QED) is 0.880. The number of amides is 2. The summed E-state index contributed by atoms with van der Waals surface area (Å²) >= 11 is 0. The van der Waals surface area contributed by atoms with Crippen LogP contribution in [0.1, 0.15) is 45.5 Å². The number of carbonyl (C=O) groups is 2. The van der Waals surface area contributed by atoms with Crippen LogP contribution in [0.15, 0.2) is 42.7 Å². The predicted octanol–water partition coefficient (Wildman–Crippen LogP) is 3.98. The molecule has 0 spiro atoms.